The molecule has 3 rings (SSSR count). The van der Waals surface area contributed by atoms with Gasteiger partial charge in [-0.25, -0.2) is 9.37 Å². The molecule has 0 N–H and O–H groups in total. The van der Waals surface area contributed by atoms with Crippen LogP contribution in [0.15, 0.2) is 45.7 Å². The zero-order valence-electron chi connectivity index (χ0n) is 14.4. The number of carbonyl (C=O) groups excluding carboxylic acids is 1. The van der Waals surface area contributed by atoms with Crippen molar-refractivity contribution in [3.8, 4) is 6.07 Å². The molecule has 0 spiro atoms. The molecular weight excluding hydrogens is 387 g/mol. The fourth-order valence-corrected chi connectivity index (χ4v) is 4.17. The van der Waals surface area contributed by atoms with E-state index in [4.69, 9.17) is 5.26 Å². The Bertz CT molecular complexity index is 1090. The molecule has 9 heteroatoms. The Morgan fingerprint density at radius 2 is 2.19 bits per heavy atom. The van der Waals surface area contributed by atoms with Gasteiger partial charge in [0.15, 0.2) is 5.16 Å². The van der Waals surface area contributed by atoms with E-state index >= 15 is 0 Å². The van der Waals surface area contributed by atoms with Gasteiger partial charge in [-0.1, -0.05) is 23.9 Å². The van der Waals surface area contributed by atoms with Crippen molar-refractivity contribution in [2.24, 2.45) is 7.05 Å². The number of para-hydroxylation sites is 1. The van der Waals surface area contributed by atoms with Crippen LogP contribution >= 0.6 is 23.1 Å². The fourth-order valence-electron chi connectivity index (χ4n) is 2.51. The summed E-state index contributed by atoms with van der Waals surface area (Å²) in [6.07, 6.45) is 0.0857. The number of hydrogen-bond acceptors (Lipinski definition) is 6. The standard InChI is InChI=1S/C18H15FN4O2S2/c1-22-17(25)16-13(7-10-26-16)21-18(22)27-11-15(24)23(9-4-8-20)14-6-3-2-5-12(14)19/h2-3,5-7,10H,4,9,11H2,1H3. The minimum atomic E-state index is -0.529. The van der Waals surface area contributed by atoms with Crippen molar-refractivity contribution in [1.29, 1.82) is 5.26 Å². The Morgan fingerprint density at radius 1 is 1.41 bits per heavy atom. The highest BCUT2D eigenvalue weighted by Gasteiger charge is 2.20. The molecule has 2 aromatic heterocycles. The number of amides is 1. The van der Waals surface area contributed by atoms with E-state index in [1.807, 2.05) is 6.07 Å². The predicted octanol–water partition coefficient (Wildman–Crippen LogP) is 3.17. The maximum absolute atomic E-state index is 14.1. The molecule has 3 aromatic rings. The summed E-state index contributed by atoms with van der Waals surface area (Å²) in [6, 6.07) is 9.67. The van der Waals surface area contributed by atoms with Crippen molar-refractivity contribution in [3.05, 3.63) is 51.9 Å². The second kappa shape index (κ2) is 8.33. The van der Waals surface area contributed by atoms with E-state index in [1.54, 1.807) is 24.6 Å². The van der Waals surface area contributed by atoms with Crippen LogP contribution in [-0.4, -0.2) is 27.8 Å². The molecule has 1 amide bonds. The third-order valence-corrected chi connectivity index (χ3v) is 5.77. The van der Waals surface area contributed by atoms with Gasteiger partial charge in [-0.05, 0) is 23.6 Å². The number of halogens is 1. The molecule has 0 aliphatic rings. The number of benzene rings is 1. The van der Waals surface area contributed by atoms with Crippen LogP contribution in [0.25, 0.3) is 10.2 Å². The van der Waals surface area contributed by atoms with E-state index in [-0.39, 0.29) is 35.9 Å². The first-order valence-corrected chi connectivity index (χ1v) is 9.88. The third kappa shape index (κ3) is 4.02. The van der Waals surface area contributed by atoms with Gasteiger partial charge < -0.3 is 4.90 Å². The van der Waals surface area contributed by atoms with Crippen LogP contribution in [-0.2, 0) is 11.8 Å². The van der Waals surface area contributed by atoms with Crippen molar-refractivity contribution in [1.82, 2.24) is 9.55 Å². The highest BCUT2D eigenvalue weighted by Crippen LogP contribution is 2.23. The molecule has 0 atom stereocenters. The zero-order chi connectivity index (χ0) is 19.4. The second-order valence-corrected chi connectivity index (χ2v) is 7.45. The number of thiophene rings is 1. The summed E-state index contributed by atoms with van der Waals surface area (Å²) in [5, 5.41) is 11.0. The van der Waals surface area contributed by atoms with Crippen molar-refractivity contribution in [2.75, 3.05) is 17.2 Å². The largest absolute Gasteiger partial charge is 0.308 e. The van der Waals surface area contributed by atoms with E-state index < -0.39 is 5.82 Å². The van der Waals surface area contributed by atoms with Crippen LogP contribution in [0.2, 0.25) is 0 Å². The minimum absolute atomic E-state index is 0.0321. The molecule has 0 bridgehead atoms. The summed E-state index contributed by atoms with van der Waals surface area (Å²) in [4.78, 5) is 30.7. The highest BCUT2D eigenvalue weighted by molar-refractivity contribution is 7.99. The molecule has 138 valence electrons. The summed E-state index contributed by atoms with van der Waals surface area (Å²) >= 11 is 2.43. The van der Waals surface area contributed by atoms with Crippen LogP contribution in [0.1, 0.15) is 6.42 Å². The van der Waals surface area contributed by atoms with Gasteiger partial charge in [0.25, 0.3) is 5.56 Å². The number of nitriles is 1. The first-order valence-electron chi connectivity index (χ1n) is 8.02. The normalized spacial score (nSPS) is 10.7. The van der Waals surface area contributed by atoms with Gasteiger partial charge >= 0.3 is 0 Å². The van der Waals surface area contributed by atoms with Crippen molar-refractivity contribution < 1.29 is 9.18 Å². The molecule has 0 aliphatic heterocycles. The monoisotopic (exact) mass is 402 g/mol. The number of nitrogens with zero attached hydrogens (tertiary/aromatic N) is 4. The molecule has 0 radical (unpaired) electrons. The lowest BCUT2D eigenvalue weighted by molar-refractivity contribution is -0.116. The Labute approximate surface area is 162 Å². The molecular formula is C18H15FN4O2S2. The fraction of sp³-hybridized carbons (Fsp3) is 0.222. The number of aromatic nitrogens is 2. The molecule has 0 saturated carbocycles. The van der Waals surface area contributed by atoms with E-state index in [0.29, 0.717) is 15.4 Å². The number of thioether (sulfide) groups is 1. The number of carbonyl (C=O) groups is 1. The van der Waals surface area contributed by atoms with Gasteiger partial charge in [-0.3, -0.25) is 14.2 Å². The van der Waals surface area contributed by atoms with E-state index in [0.717, 1.165) is 11.8 Å². The summed E-state index contributed by atoms with van der Waals surface area (Å²) in [6.45, 7) is 0.0900. The molecule has 0 fully saturated rings. The highest BCUT2D eigenvalue weighted by atomic mass is 32.2. The SMILES string of the molecule is Cn1c(SCC(=O)N(CCC#N)c2ccccc2F)nc2ccsc2c1=O. The molecule has 0 saturated heterocycles. The average Bonchev–Trinajstić information content (AvgIpc) is 3.13. The number of rotatable bonds is 6. The molecule has 1 aromatic carbocycles. The summed E-state index contributed by atoms with van der Waals surface area (Å²) in [5.41, 5.74) is 0.558. The maximum Gasteiger partial charge on any atom is 0.271 e. The minimum Gasteiger partial charge on any atom is -0.308 e. The maximum atomic E-state index is 14.1. The number of fused-ring (bicyclic) bond motifs is 1. The summed E-state index contributed by atoms with van der Waals surface area (Å²) in [7, 11) is 1.60. The first kappa shape index (κ1) is 19.1. The number of hydrogen-bond donors (Lipinski definition) is 0. The van der Waals surface area contributed by atoms with Crippen LogP contribution in [0.4, 0.5) is 10.1 Å². The van der Waals surface area contributed by atoms with Crippen LogP contribution in [0.3, 0.4) is 0 Å². The van der Waals surface area contributed by atoms with E-state index in [1.165, 1.54) is 39.0 Å². The summed E-state index contributed by atoms with van der Waals surface area (Å²) < 4.78 is 16.1. The molecule has 6 nitrogen and oxygen atoms in total. The zero-order valence-corrected chi connectivity index (χ0v) is 16.0. The molecule has 27 heavy (non-hydrogen) atoms. The van der Waals surface area contributed by atoms with Gasteiger partial charge in [-0.15, -0.1) is 11.3 Å². The van der Waals surface area contributed by atoms with Gasteiger partial charge in [0.2, 0.25) is 5.91 Å². The number of anilines is 1. The molecule has 0 unspecified atom stereocenters. The lowest BCUT2D eigenvalue weighted by Crippen LogP contribution is -2.34. The average molecular weight is 402 g/mol. The van der Waals surface area contributed by atoms with Crippen molar-refractivity contribution in [2.45, 2.75) is 11.6 Å². The third-order valence-electron chi connectivity index (χ3n) is 3.86. The Morgan fingerprint density at radius 3 is 2.93 bits per heavy atom. The van der Waals surface area contributed by atoms with Crippen molar-refractivity contribution >= 4 is 44.9 Å². The Balaban J connectivity index is 1.82. The Kier molecular flexibility index (Phi) is 5.88. The summed E-state index contributed by atoms with van der Waals surface area (Å²) in [5.74, 6) is -0.922. The van der Waals surface area contributed by atoms with Crippen LogP contribution < -0.4 is 10.5 Å². The topological polar surface area (TPSA) is 79.0 Å². The lowest BCUT2D eigenvalue weighted by Gasteiger charge is -2.22. The van der Waals surface area contributed by atoms with Gasteiger partial charge in [0.1, 0.15) is 10.5 Å². The van der Waals surface area contributed by atoms with Gasteiger partial charge in [0.05, 0.1) is 29.4 Å². The van der Waals surface area contributed by atoms with Crippen LogP contribution in [0, 0.1) is 17.1 Å². The van der Waals surface area contributed by atoms with Crippen LogP contribution in [0.5, 0.6) is 0 Å². The van der Waals surface area contributed by atoms with Gasteiger partial charge in [-0.2, -0.15) is 5.26 Å². The molecule has 2 heterocycles. The molecule has 0 aliphatic carbocycles. The van der Waals surface area contributed by atoms with Gasteiger partial charge in [0, 0.05) is 13.6 Å². The lowest BCUT2D eigenvalue weighted by atomic mass is 10.2. The van der Waals surface area contributed by atoms with E-state index in [9.17, 15) is 14.0 Å². The smallest absolute Gasteiger partial charge is 0.271 e. The van der Waals surface area contributed by atoms with Crippen molar-refractivity contribution in [3.63, 3.8) is 0 Å². The Hall–Kier alpha value is -2.70. The quantitative estimate of drug-likeness (QED) is 0.467. The predicted molar refractivity (Wildman–Crippen MR) is 105 cm³/mol. The second-order valence-electron chi connectivity index (χ2n) is 5.59. The van der Waals surface area contributed by atoms with E-state index in [2.05, 4.69) is 4.98 Å². The first-order chi connectivity index (χ1) is 13.0.